The van der Waals surface area contributed by atoms with Crippen molar-refractivity contribution in [3.05, 3.63) is 83.6 Å². The van der Waals surface area contributed by atoms with Crippen molar-refractivity contribution in [2.45, 2.75) is 38.3 Å². The molecule has 0 saturated carbocycles. The van der Waals surface area contributed by atoms with Gasteiger partial charge in [0, 0.05) is 40.6 Å². The minimum Gasteiger partial charge on any atom is -0.493 e. The largest absolute Gasteiger partial charge is 0.493 e. The highest BCUT2D eigenvalue weighted by atomic mass is 16.5. The Morgan fingerprint density at radius 1 is 0.953 bits per heavy atom. The molecule has 3 aromatic carbocycles. The molecule has 1 unspecified atom stereocenters. The van der Waals surface area contributed by atoms with Crippen LogP contribution in [0.5, 0.6) is 17.2 Å². The number of aromatic nitrogens is 2. The third-order valence-electron chi connectivity index (χ3n) is 7.82. The van der Waals surface area contributed by atoms with Crippen LogP contribution < -0.4 is 19.5 Å². The molecule has 9 nitrogen and oxygen atoms in total. The van der Waals surface area contributed by atoms with Crippen LogP contribution in [0, 0.1) is 0 Å². The topological polar surface area (TPSA) is 126 Å². The molecule has 9 heteroatoms. The number of hydrogen-bond donors (Lipinski definition) is 4. The standard InChI is InChI=1S/C34H37N3O6/c1-20(26-19-35-27-11-6-5-10-23(26)27)33(39)37-34(40)25-18-29(22-16-30(41-2)32(43-4)31(17-22)42-3)36-28-13-12-21(15-24(25)28)9-7-8-14-38/h5-6,10-13,15-20,33,35,38-39H,7-9,14H2,1-4H3,(H,37,40)/t20?,33-/m1/s1. The van der Waals surface area contributed by atoms with Crippen LogP contribution in [0.2, 0.25) is 0 Å². The summed E-state index contributed by atoms with van der Waals surface area (Å²) in [7, 11) is 4.63. The molecule has 1 amide bonds. The van der Waals surface area contributed by atoms with Gasteiger partial charge in [0.25, 0.3) is 5.91 Å². The number of aliphatic hydroxyl groups is 2. The summed E-state index contributed by atoms with van der Waals surface area (Å²) in [6.07, 6.45) is 3.00. The second-order valence-electron chi connectivity index (χ2n) is 10.5. The summed E-state index contributed by atoms with van der Waals surface area (Å²) in [6.45, 7) is 2.01. The van der Waals surface area contributed by atoms with Gasteiger partial charge in [0.2, 0.25) is 5.75 Å². The maximum Gasteiger partial charge on any atom is 0.254 e. The smallest absolute Gasteiger partial charge is 0.254 e. The Morgan fingerprint density at radius 3 is 2.40 bits per heavy atom. The van der Waals surface area contributed by atoms with Gasteiger partial charge in [0.1, 0.15) is 6.23 Å². The van der Waals surface area contributed by atoms with Crippen LogP contribution in [0.25, 0.3) is 33.1 Å². The molecule has 5 rings (SSSR count). The number of hydrogen-bond acceptors (Lipinski definition) is 7. The lowest BCUT2D eigenvalue weighted by Gasteiger charge is -2.21. The van der Waals surface area contributed by atoms with E-state index in [0.29, 0.717) is 51.4 Å². The summed E-state index contributed by atoms with van der Waals surface area (Å²) in [4.78, 5) is 22.0. The quantitative estimate of drug-likeness (QED) is 0.112. The Hall–Kier alpha value is -4.60. The first kappa shape index (κ1) is 29.9. The van der Waals surface area contributed by atoms with Gasteiger partial charge in [0.05, 0.1) is 38.1 Å². The minimum atomic E-state index is -1.15. The maximum atomic E-state index is 13.9. The van der Waals surface area contributed by atoms with E-state index in [0.717, 1.165) is 34.9 Å². The molecule has 0 aliphatic rings. The Bertz CT molecular complexity index is 1720. The van der Waals surface area contributed by atoms with Crippen LogP contribution in [-0.2, 0) is 6.42 Å². The van der Waals surface area contributed by atoms with E-state index in [1.807, 2.05) is 55.6 Å². The van der Waals surface area contributed by atoms with Crippen molar-refractivity contribution in [3.63, 3.8) is 0 Å². The van der Waals surface area contributed by atoms with Gasteiger partial charge >= 0.3 is 0 Å². The SMILES string of the molecule is COc1cc(-c2cc(C(=O)N[C@H](O)C(C)c3c[nH]c4ccccc34)c3cc(CCCCO)ccc3n2)cc(OC)c1OC. The van der Waals surface area contributed by atoms with Gasteiger partial charge in [-0.05, 0) is 66.8 Å². The molecule has 0 aliphatic carbocycles. The zero-order chi connectivity index (χ0) is 30.5. The Balaban J connectivity index is 1.55. The number of ether oxygens (including phenoxy) is 3. The molecule has 0 spiro atoms. The van der Waals surface area contributed by atoms with Crippen LogP contribution in [0.15, 0.2) is 66.9 Å². The van der Waals surface area contributed by atoms with Gasteiger partial charge in [0.15, 0.2) is 11.5 Å². The van der Waals surface area contributed by atoms with Crippen molar-refractivity contribution >= 4 is 27.7 Å². The molecule has 0 bridgehead atoms. The summed E-state index contributed by atoms with van der Waals surface area (Å²) in [5.74, 6) is 0.581. The summed E-state index contributed by atoms with van der Waals surface area (Å²) >= 11 is 0. The number of para-hydroxylation sites is 1. The van der Waals surface area contributed by atoms with Crippen molar-refractivity contribution in [3.8, 4) is 28.5 Å². The van der Waals surface area contributed by atoms with E-state index in [-0.39, 0.29) is 12.5 Å². The molecule has 2 aromatic heterocycles. The highest BCUT2D eigenvalue weighted by molar-refractivity contribution is 6.07. The molecular formula is C34H37N3O6. The molecule has 4 N–H and O–H groups in total. The van der Waals surface area contributed by atoms with Crippen molar-refractivity contribution in [2.24, 2.45) is 0 Å². The average molecular weight is 584 g/mol. The predicted octanol–water partition coefficient (Wildman–Crippen LogP) is 5.58. The van der Waals surface area contributed by atoms with Crippen LogP contribution >= 0.6 is 0 Å². The number of aryl methyl sites for hydroxylation is 1. The Morgan fingerprint density at radius 2 is 1.70 bits per heavy atom. The molecular weight excluding hydrogens is 546 g/mol. The van der Waals surface area contributed by atoms with E-state index in [1.165, 1.54) is 7.11 Å². The molecule has 224 valence electrons. The fourth-order valence-electron chi connectivity index (χ4n) is 5.41. The van der Waals surface area contributed by atoms with Crippen LogP contribution in [0.4, 0.5) is 0 Å². The van der Waals surface area contributed by atoms with Crippen molar-refractivity contribution in [1.82, 2.24) is 15.3 Å². The zero-order valence-corrected chi connectivity index (χ0v) is 24.8. The average Bonchev–Trinajstić information content (AvgIpc) is 3.47. The monoisotopic (exact) mass is 583 g/mol. The number of unbranched alkanes of at least 4 members (excludes halogenated alkanes) is 1. The number of carbonyl (C=O) groups excluding carboxylic acids is 1. The number of benzene rings is 3. The molecule has 0 radical (unpaired) electrons. The zero-order valence-electron chi connectivity index (χ0n) is 24.8. The normalized spacial score (nSPS) is 12.7. The van der Waals surface area contributed by atoms with E-state index in [9.17, 15) is 15.0 Å². The van der Waals surface area contributed by atoms with Crippen molar-refractivity contribution in [2.75, 3.05) is 27.9 Å². The lowest BCUT2D eigenvalue weighted by Crippen LogP contribution is -2.38. The summed E-state index contributed by atoms with van der Waals surface area (Å²) in [5, 5.41) is 24.9. The fourth-order valence-corrected chi connectivity index (χ4v) is 5.41. The lowest BCUT2D eigenvalue weighted by molar-refractivity contribution is 0.0729. The van der Waals surface area contributed by atoms with E-state index in [1.54, 1.807) is 32.4 Å². The summed E-state index contributed by atoms with van der Waals surface area (Å²) in [6, 6.07) is 19.0. The van der Waals surface area contributed by atoms with Gasteiger partial charge < -0.3 is 34.7 Å². The number of rotatable bonds is 12. The number of nitrogens with zero attached hydrogens (tertiary/aromatic N) is 1. The van der Waals surface area contributed by atoms with E-state index < -0.39 is 12.1 Å². The molecule has 5 aromatic rings. The summed E-state index contributed by atoms with van der Waals surface area (Å²) < 4.78 is 16.6. The number of amides is 1. The highest BCUT2D eigenvalue weighted by Crippen LogP contribution is 2.41. The van der Waals surface area contributed by atoms with Crippen LogP contribution in [-0.4, -0.2) is 60.3 Å². The van der Waals surface area contributed by atoms with Gasteiger partial charge in [-0.3, -0.25) is 4.79 Å². The first-order chi connectivity index (χ1) is 20.9. The third kappa shape index (κ3) is 6.14. The van der Waals surface area contributed by atoms with Crippen LogP contribution in [0.3, 0.4) is 0 Å². The lowest BCUT2D eigenvalue weighted by atomic mass is 9.97. The first-order valence-electron chi connectivity index (χ1n) is 14.3. The number of aromatic amines is 1. The number of aliphatic hydroxyl groups excluding tert-OH is 2. The second kappa shape index (κ2) is 13.1. The fraction of sp³-hybridized carbons (Fsp3) is 0.294. The maximum absolute atomic E-state index is 13.9. The molecule has 0 saturated heterocycles. The van der Waals surface area contributed by atoms with Gasteiger partial charge in [-0.2, -0.15) is 0 Å². The van der Waals surface area contributed by atoms with Gasteiger partial charge in [-0.1, -0.05) is 31.2 Å². The molecule has 2 heterocycles. The first-order valence-corrected chi connectivity index (χ1v) is 14.3. The van der Waals surface area contributed by atoms with Gasteiger partial charge in [-0.15, -0.1) is 0 Å². The second-order valence-corrected chi connectivity index (χ2v) is 10.5. The molecule has 0 aliphatic heterocycles. The minimum absolute atomic E-state index is 0.132. The molecule has 43 heavy (non-hydrogen) atoms. The number of nitrogens with one attached hydrogen (secondary N) is 2. The Kier molecular flexibility index (Phi) is 9.13. The molecule has 0 fully saturated rings. The van der Waals surface area contributed by atoms with Crippen LogP contribution in [0.1, 0.15) is 47.2 Å². The Labute approximate surface area is 250 Å². The van der Waals surface area contributed by atoms with Gasteiger partial charge in [-0.25, -0.2) is 4.98 Å². The predicted molar refractivity (Wildman–Crippen MR) is 167 cm³/mol. The number of H-pyrrole nitrogens is 1. The number of methoxy groups -OCH3 is 3. The highest BCUT2D eigenvalue weighted by Gasteiger charge is 2.24. The van der Waals surface area contributed by atoms with E-state index in [4.69, 9.17) is 19.2 Å². The summed E-state index contributed by atoms with van der Waals surface area (Å²) in [5.41, 5.74) is 5.11. The van der Waals surface area contributed by atoms with E-state index in [2.05, 4.69) is 10.3 Å². The molecule has 2 atom stereocenters. The van der Waals surface area contributed by atoms with Crippen molar-refractivity contribution < 1.29 is 29.2 Å². The number of fused-ring (bicyclic) bond motifs is 2. The van der Waals surface area contributed by atoms with Crippen molar-refractivity contribution in [1.29, 1.82) is 0 Å². The number of carbonyl (C=O) groups is 1. The number of pyridine rings is 1. The van der Waals surface area contributed by atoms with E-state index >= 15 is 0 Å². The third-order valence-corrected chi connectivity index (χ3v) is 7.82.